The molecule has 1 aliphatic rings. The Kier molecular flexibility index (Phi) is 2.47. The summed E-state index contributed by atoms with van der Waals surface area (Å²) in [5, 5.41) is 0. The zero-order valence-corrected chi connectivity index (χ0v) is 5.62. The quantitative estimate of drug-likeness (QED) is 0.438. The van der Waals surface area contributed by atoms with Gasteiger partial charge in [-0.05, 0) is 0 Å². The molecule has 10 heavy (non-hydrogen) atoms. The molecule has 1 heterocycles. The molecule has 1 unspecified atom stereocenters. The van der Waals surface area contributed by atoms with Crippen molar-refractivity contribution in [2.45, 2.75) is 6.10 Å². The normalized spacial score (nSPS) is 21.9. The summed E-state index contributed by atoms with van der Waals surface area (Å²) in [6, 6.07) is 0. The van der Waals surface area contributed by atoms with Crippen molar-refractivity contribution in [1.82, 2.24) is 5.48 Å². The van der Waals surface area contributed by atoms with E-state index >= 15 is 0 Å². The van der Waals surface area contributed by atoms with Crippen molar-refractivity contribution in [2.24, 2.45) is 0 Å². The number of ether oxygens (including phenoxy) is 2. The van der Waals surface area contributed by atoms with E-state index in [1.54, 1.807) is 0 Å². The Labute approximate surface area is 58.2 Å². The van der Waals surface area contributed by atoms with Gasteiger partial charge in [0.1, 0.15) is 12.7 Å². The van der Waals surface area contributed by atoms with Crippen molar-refractivity contribution in [1.29, 1.82) is 0 Å². The summed E-state index contributed by atoms with van der Waals surface area (Å²) < 4.78 is 9.04. The Morgan fingerprint density at radius 3 is 3.10 bits per heavy atom. The summed E-state index contributed by atoms with van der Waals surface area (Å²) in [7, 11) is 1.27. The lowest BCUT2D eigenvalue weighted by molar-refractivity contribution is 0.0275. The molecule has 1 fully saturated rings. The average molecular weight is 147 g/mol. The molecular formula is C5H9NO4. The van der Waals surface area contributed by atoms with Crippen LogP contribution in [0.1, 0.15) is 0 Å². The summed E-state index contributed by atoms with van der Waals surface area (Å²) in [4.78, 5) is 15.0. The van der Waals surface area contributed by atoms with Crippen LogP contribution in [0.2, 0.25) is 0 Å². The van der Waals surface area contributed by atoms with Crippen molar-refractivity contribution in [3.05, 3.63) is 0 Å². The topological polar surface area (TPSA) is 60.1 Å². The first-order valence-electron chi connectivity index (χ1n) is 2.90. The van der Waals surface area contributed by atoms with Gasteiger partial charge in [-0.1, -0.05) is 0 Å². The number of amides is 1. The number of hydrogen-bond donors (Lipinski definition) is 1. The van der Waals surface area contributed by atoms with Crippen molar-refractivity contribution in [3.8, 4) is 0 Å². The monoisotopic (exact) mass is 147 g/mol. The molecule has 1 rings (SSSR count). The van der Waals surface area contributed by atoms with Gasteiger partial charge in [-0.3, -0.25) is 4.84 Å². The number of hydroxylamine groups is 1. The fourth-order valence-corrected chi connectivity index (χ4v) is 0.399. The van der Waals surface area contributed by atoms with Gasteiger partial charge in [0, 0.05) is 0 Å². The lowest BCUT2D eigenvalue weighted by Crippen LogP contribution is -2.25. The smallest absolute Gasteiger partial charge is 0.431 e. The van der Waals surface area contributed by atoms with E-state index in [0.29, 0.717) is 13.2 Å². The number of nitrogens with one attached hydrogen (secondary N) is 1. The highest BCUT2D eigenvalue weighted by Crippen LogP contribution is 2.07. The Hall–Kier alpha value is -0.810. The van der Waals surface area contributed by atoms with Crippen molar-refractivity contribution >= 4 is 6.09 Å². The second-order valence-electron chi connectivity index (χ2n) is 1.86. The van der Waals surface area contributed by atoms with E-state index in [1.165, 1.54) is 7.11 Å². The predicted octanol–water partition coefficient (Wildman–Crippen LogP) is -0.327. The minimum absolute atomic E-state index is 0.150. The maximum absolute atomic E-state index is 10.3. The molecule has 0 aliphatic carbocycles. The van der Waals surface area contributed by atoms with Crippen LogP contribution < -0.4 is 5.48 Å². The molecule has 58 valence electrons. The number of carbonyl (C=O) groups excluding carboxylic acids is 1. The number of methoxy groups -OCH3 is 1. The highest BCUT2D eigenvalue weighted by molar-refractivity contribution is 5.65. The molecule has 0 aromatic carbocycles. The molecule has 1 saturated heterocycles. The van der Waals surface area contributed by atoms with Crippen molar-refractivity contribution in [3.63, 3.8) is 0 Å². The highest BCUT2D eigenvalue weighted by atomic mass is 16.7. The number of epoxide rings is 1. The molecule has 0 aromatic rings. The maximum Gasteiger partial charge on any atom is 0.431 e. The lowest BCUT2D eigenvalue weighted by atomic mass is 10.5. The molecule has 0 bridgehead atoms. The second-order valence-corrected chi connectivity index (χ2v) is 1.86. The van der Waals surface area contributed by atoms with Gasteiger partial charge in [0.05, 0.1) is 13.7 Å². The van der Waals surface area contributed by atoms with Gasteiger partial charge in [0.25, 0.3) is 0 Å². The summed E-state index contributed by atoms with van der Waals surface area (Å²) >= 11 is 0. The van der Waals surface area contributed by atoms with Gasteiger partial charge in [-0.15, -0.1) is 0 Å². The molecule has 5 heteroatoms. The third kappa shape index (κ3) is 2.65. The van der Waals surface area contributed by atoms with Crippen LogP contribution in [0.25, 0.3) is 0 Å². The summed E-state index contributed by atoms with van der Waals surface area (Å²) in [6.07, 6.45) is -0.446. The fraction of sp³-hybridized carbons (Fsp3) is 0.800. The first-order chi connectivity index (χ1) is 4.83. The largest absolute Gasteiger partial charge is 0.451 e. The van der Waals surface area contributed by atoms with E-state index in [2.05, 4.69) is 15.1 Å². The van der Waals surface area contributed by atoms with Crippen LogP contribution in [-0.2, 0) is 14.3 Å². The summed E-state index contributed by atoms with van der Waals surface area (Å²) in [6.45, 7) is 1.10. The molecular weight excluding hydrogens is 138 g/mol. The van der Waals surface area contributed by atoms with E-state index in [4.69, 9.17) is 4.74 Å². The molecule has 5 nitrogen and oxygen atoms in total. The molecule has 1 aliphatic heterocycles. The molecule has 0 aromatic heterocycles. The Balaban J connectivity index is 1.88. The number of hydrogen-bond acceptors (Lipinski definition) is 4. The van der Waals surface area contributed by atoms with Crippen LogP contribution in [0.3, 0.4) is 0 Å². The first-order valence-corrected chi connectivity index (χ1v) is 2.90. The Morgan fingerprint density at radius 2 is 2.60 bits per heavy atom. The first kappa shape index (κ1) is 7.30. The second kappa shape index (κ2) is 3.38. The Morgan fingerprint density at radius 1 is 1.90 bits per heavy atom. The molecule has 1 N–H and O–H groups in total. The summed E-state index contributed by atoms with van der Waals surface area (Å²) in [5.74, 6) is 0. The third-order valence-corrected chi connectivity index (χ3v) is 1.01. The predicted molar refractivity (Wildman–Crippen MR) is 31.2 cm³/mol. The number of carbonyl (C=O) groups is 1. The molecule has 0 spiro atoms. The van der Waals surface area contributed by atoms with Crippen molar-refractivity contribution in [2.75, 3.05) is 20.3 Å². The SMILES string of the molecule is COC(=O)NOCC1CO1. The van der Waals surface area contributed by atoms with Crippen molar-refractivity contribution < 1.29 is 19.1 Å². The average Bonchev–Trinajstić information content (AvgIpc) is 2.71. The number of rotatable bonds is 3. The Bertz CT molecular complexity index is 123. The minimum Gasteiger partial charge on any atom is -0.451 e. The zero-order chi connectivity index (χ0) is 7.40. The van der Waals surface area contributed by atoms with Crippen LogP contribution in [-0.4, -0.2) is 32.5 Å². The van der Waals surface area contributed by atoms with E-state index < -0.39 is 6.09 Å². The van der Waals surface area contributed by atoms with Gasteiger partial charge >= 0.3 is 6.09 Å². The molecule has 0 radical (unpaired) electrons. The van der Waals surface area contributed by atoms with E-state index in [0.717, 1.165) is 0 Å². The fourth-order valence-electron chi connectivity index (χ4n) is 0.399. The third-order valence-electron chi connectivity index (χ3n) is 1.01. The van der Waals surface area contributed by atoms with E-state index in [-0.39, 0.29) is 6.10 Å². The van der Waals surface area contributed by atoms with E-state index in [1.807, 2.05) is 0 Å². The standard InChI is InChI=1S/C5H9NO4/c1-8-5(7)6-10-3-4-2-9-4/h4H,2-3H2,1H3,(H,6,7). The van der Waals surface area contributed by atoms with Crippen LogP contribution in [0, 0.1) is 0 Å². The van der Waals surface area contributed by atoms with Crippen LogP contribution in [0.15, 0.2) is 0 Å². The van der Waals surface area contributed by atoms with Gasteiger partial charge < -0.3 is 9.47 Å². The minimum atomic E-state index is -0.597. The van der Waals surface area contributed by atoms with E-state index in [9.17, 15) is 4.79 Å². The van der Waals surface area contributed by atoms with Gasteiger partial charge in [-0.25, -0.2) is 4.79 Å². The van der Waals surface area contributed by atoms with Gasteiger partial charge in [-0.2, -0.15) is 5.48 Å². The molecule has 1 amide bonds. The van der Waals surface area contributed by atoms with Gasteiger partial charge in [0.15, 0.2) is 0 Å². The van der Waals surface area contributed by atoms with Crippen LogP contribution >= 0.6 is 0 Å². The lowest BCUT2D eigenvalue weighted by Gasteiger charge is -2.00. The highest BCUT2D eigenvalue weighted by Gasteiger charge is 2.22. The zero-order valence-electron chi connectivity index (χ0n) is 5.62. The maximum atomic E-state index is 10.3. The summed E-state index contributed by atoms with van der Waals surface area (Å²) in [5.41, 5.74) is 2.06. The molecule has 0 saturated carbocycles. The van der Waals surface area contributed by atoms with Gasteiger partial charge in [0.2, 0.25) is 0 Å². The van der Waals surface area contributed by atoms with Crippen LogP contribution in [0.4, 0.5) is 4.79 Å². The van der Waals surface area contributed by atoms with Crippen LogP contribution in [0.5, 0.6) is 0 Å². The molecule has 1 atom stereocenters.